The molecule has 8 heteroatoms. The first-order valence-electron chi connectivity index (χ1n) is 8.09. The van der Waals surface area contributed by atoms with Crippen molar-refractivity contribution in [2.24, 2.45) is 23.5 Å². The van der Waals surface area contributed by atoms with Gasteiger partial charge in [0.1, 0.15) is 6.54 Å². The summed E-state index contributed by atoms with van der Waals surface area (Å²) < 4.78 is 5.66. The van der Waals surface area contributed by atoms with Gasteiger partial charge in [0, 0.05) is 12.6 Å². The van der Waals surface area contributed by atoms with E-state index in [9.17, 15) is 14.4 Å². The molecule has 4 rings (SSSR count). The van der Waals surface area contributed by atoms with Gasteiger partial charge in [0.15, 0.2) is 0 Å². The lowest BCUT2D eigenvalue weighted by Crippen LogP contribution is -2.45. The molecule has 3 saturated heterocycles. The lowest BCUT2D eigenvalue weighted by Gasteiger charge is -2.18. The van der Waals surface area contributed by atoms with Crippen molar-refractivity contribution in [2.45, 2.75) is 43.9 Å². The number of nitrogens with two attached hydrogens (primary N) is 1. The van der Waals surface area contributed by atoms with Gasteiger partial charge in [-0.1, -0.05) is 0 Å². The van der Waals surface area contributed by atoms with Crippen molar-refractivity contribution in [2.75, 3.05) is 13.1 Å². The van der Waals surface area contributed by atoms with Crippen LogP contribution >= 0.6 is 12.4 Å². The van der Waals surface area contributed by atoms with Gasteiger partial charge in [-0.2, -0.15) is 0 Å². The average Bonchev–Trinajstić information content (AvgIpc) is 3.09. The molecule has 5 atom stereocenters. The van der Waals surface area contributed by atoms with E-state index in [1.165, 1.54) is 0 Å². The van der Waals surface area contributed by atoms with Gasteiger partial charge in [-0.05, 0) is 31.6 Å². The molecule has 0 spiro atoms. The average molecular weight is 344 g/mol. The summed E-state index contributed by atoms with van der Waals surface area (Å²) in [6.45, 7) is 0.211. The largest absolute Gasteiger partial charge is 0.373 e. The highest BCUT2D eigenvalue weighted by atomic mass is 35.5. The third-order valence-electron chi connectivity index (χ3n) is 5.44. The second-order valence-corrected chi connectivity index (χ2v) is 6.91. The lowest BCUT2D eigenvalue weighted by atomic mass is 9.81. The van der Waals surface area contributed by atoms with Crippen molar-refractivity contribution >= 4 is 30.1 Å². The molecule has 3 amide bonds. The number of carbonyl (C=O) groups is 3. The van der Waals surface area contributed by atoms with Crippen molar-refractivity contribution in [3.63, 3.8) is 0 Å². The van der Waals surface area contributed by atoms with E-state index < -0.39 is 0 Å². The van der Waals surface area contributed by atoms with E-state index >= 15 is 0 Å². The van der Waals surface area contributed by atoms with E-state index in [2.05, 4.69) is 5.32 Å². The Morgan fingerprint density at radius 2 is 1.74 bits per heavy atom. The molecule has 23 heavy (non-hydrogen) atoms. The van der Waals surface area contributed by atoms with Crippen LogP contribution in [0.15, 0.2) is 0 Å². The highest BCUT2D eigenvalue weighted by Gasteiger charge is 2.62. The molecule has 7 nitrogen and oxygen atoms in total. The van der Waals surface area contributed by atoms with Crippen LogP contribution in [0.3, 0.4) is 0 Å². The Hall–Kier alpha value is -1.18. The Labute approximate surface area is 140 Å². The first-order valence-corrected chi connectivity index (χ1v) is 8.09. The second-order valence-electron chi connectivity index (χ2n) is 6.91. The Morgan fingerprint density at radius 3 is 2.26 bits per heavy atom. The fourth-order valence-electron chi connectivity index (χ4n) is 4.05. The van der Waals surface area contributed by atoms with Crippen LogP contribution in [0.1, 0.15) is 25.7 Å². The van der Waals surface area contributed by atoms with Gasteiger partial charge >= 0.3 is 0 Å². The molecule has 128 valence electrons. The number of hydrogen-bond donors (Lipinski definition) is 2. The number of rotatable bonds is 5. The summed E-state index contributed by atoms with van der Waals surface area (Å²) in [5.74, 6) is -1.04. The van der Waals surface area contributed by atoms with Crippen LogP contribution in [0.5, 0.6) is 0 Å². The van der Waals surface area contributed by atoms with Gasteiger partial charge in [0.2, 0.25) is 17.7 Å². The molecule has 0 radical (unpaired) electrons. The molecule has 5 unspecified atom stereocenters. The van der Waals surface area contributed by atoms with E-state index in [-0.39, 0.29) is 66.8 Å². The number of amides is 3. The van der Waals surface area contributed by atoms with Crippen LogP contribution in [-0.2, 0) is 19.1 Å². The van der Waals surface area contributed by atoms with Crippen LogP contribution in [0.2, 0.25) is 0 Å². The van der Waals surface area contributed by atoms with Gasteiger partial charge in [0.05, 0.1) is 24.0 Å². The number of hydrogen-bond acceptors (Lipinski definition) is 5. The topological polar surface area (TPSA) is 102 Å². The molecule has 1 aliphatic carbocycles. The van der Waals surface area contributed by atoms with E-state index in [4.69, 9.17) is 10.5 Å². The summed E-state index contributed by atoms with van der Waals surface area (Å²) in [6, 6.07) is -0.0300. The normalized spacial score (nSPS) is 36.0. The smallest absolute Gasteiger partial charge is 0.240 e. The predicted octanol–water partition coefficient (Wildman–Crippen LogP) is -0.576. The third kappa shape index (κ3) is 2.75. The Bertz CT molecular complexity index is 511. The van der Waals surface area contributed by atoms with Gasteiger partial charge in [-0.25, -0.2) is 0 Å². The molecule has 3 aliphatic heterocycles. The fraction of sp³-hybridized carbons (Fsp3) is 0.800. The number of nitrogens with zero attached hydrogens (tertiary/aromatic N) is 1. The summed E-state index contributed by atoms with van der Waals surface area (Å²) >= 11 is 0. The van der Waals surface area contributed by atoms with E-state index in [1.807, 2.05) is 0 Å². The molecular formula is C15H22ClN3O4. The number of ether oxygens (including phenoxy) is 1. The van der Waals surface area contributed by atoms with Gasteiger partial charge in [0.25, 0.3) is 0 Å². The standard InChI is InChI=1S/C15H21N3O4.ClH/c16-8(7-1-2-7)5-17-11(19)6-18-14(20)12-9-3-4-10(22-9)13(12)15(18)21;/h7-10,12-13H,1-6,16H2,(H,17,19);1H. The van der Waals surface area contributed by atoms with Crippen molar-refractivity contribution < 1.29 is 19.1 Å². The number of carbonyl (C=O) groups excluding carboxylic acids is 3. The molecular weight excluding hydrogens is 322 g/mol. The molecule has 3 heterocycles. The van der Waals surface area contributed by atoms with Crippen molar-refractivity contribution in [1.82, 2.24) is 10.2 Å². The van der Waals surface area contributed by atoms with Crippen LogP contribution in [0.4, 0.5) is 0 Å². The molecule has 4 fully saturated rings. The Balaban J connectivity index is 0.00000156. The quantitative estimate of drug-likeness (QED) is 0.651. The molecule has 0 aromatic heterocycles. The van der Waals surface area contributed by atoms with Crippen LogP contribution < -0.4 is 11.1 Å². The molecule has 3 N–H and O–H groups in total. The van der Waals surface area contributed by atoms with Gasteiger partial charge < -0.3 is 15.8 Å². The van der Waals surface area contributed by atoms with Crippen molar-refractivity contribution in [3.8, 4) is 0 Å². The zero-order valence-corrected chi connectivity index (χ0v) is 13.6. The highest BCUT2D eigenvalue weighted by molar-refractivity contribution is 6.08. The fourth-order valence-corrected chi connectivity index (χ4v) is 4.05. The minimum atomic E-state index is -0.368. The van der Waals surface area contributed by atoms with Crippen molar-refractivity contribution in [3.05, 3.63) is 0 Å². The van der Waals surface area contributed by atoms with Gasteiger partial charge in [-0.15, -0.1) is 12.4 Å². The SMILES string of the molecule is Cl.NC(CNC(=O)CN1C(=O)C2C3CCC(O3)C2C1=O)C1CC1. The molecule has 1 saturated carbocycles. The first-order chi connectivity index (χ1) is 10.6. The number of likely N-dealkylation sites (tertiary alicyclic amines) is 1. The molecule has 4 aliphatic rings. The summed E-state index contributed by atoms with van der Waals surface area (Å²) in [4.78, 5) is 37.9. The predicted molar refractivity (Wildman–Crippen MR) is 82.6 cm³/mol. The zero-order chi connectivity index (χ0) is 15.4. The summed E-state index contributed by atoms with van der Waals surface area (Å²) in [7, 11) is 0. The maximum Gasteiger partial charge on any atom is 0.240 e. The summed E-state index contributed by atoms with van der Waals surface area (Å²) in [6.07, 6.45) is 3.63. The van der Waals surface area contributed by atoms with E-state index in [0.717, 1.165) is 30.6 Å². The molecule has 0 aromatic rings. The highest BCUT2D eigenvalue weighted by Crippen LogP contribution is 2.48. The molecule has 2 bridgehead atoms. The van der Waals surface area contributed by atoms with Crippen molar-refractivity contribution in [1.29, 1.82) is 0 Å². The number of imide groups is 1. The summed E-state index contributed by atoms with van der Waals surface area (Å²) in [5, 5.41) is 2.73. The minimum Gasteiger partial charge on any atom is -0.373 e. The Morgan fingerprint density at radius 1 is 1.17 bits per heavy atom. The maximum absolute atomic E-state index is 12.4. The monoisotopic (exact) mass is 343 g/mol. The number of nitrogens with one attached hydrogen (secondary N) is 1. The van der Waals surface area contributed by atoms with E-state index in [1.54, 1.807) is 0 Å². The Kier molecular flexibility index (Phi) is 4.37. The lowest BCUT2D eigenvalue weighted by molar-refractivity contribution is -0.146. The first kappa shape index (κ1) is 16.7. The minimum absolute atomic E-state index is 0. The van der Waals surface area contributed by atoms with Gasteiger partial charge in [-0.3, -0.25) is 19.3 Å². The van der Waals surface area contributed by atoms with E-state index in [0.29, 0.717) is 12.5 Å². The van der Waals surface area contributed by atoms with Crippen LogP contribution in [-0.4, -0.2) is 54.0 Å². The van der Waals surface area contributed by atoms with Crippen LogP contribution in [0, 0.1) is 17.8 Å². The van der Waals surface area contributed by atoms with Crippen LogP contribution in [0.25, 0.3) is 0 Å². The summed E-state index contributed by atoms with van der Waals surface area (Å²) in [5.41, 5.74) is 5.93. The zero-order valence-electron chi connectivity index (χ0n) is 12.8. The third-order valence-corrected chi connectivity index (χ3v) is 5.44. The molecule has 0 aromatic carbocycles. The number of fused-ring (bicyclic) bond motifs is 5. The maximum atomic E-state index is 12.4. The number of halogens is 1. The second kappa shape index (κ2) is 6.03.